The number of carbonyl (C=O) groups excluding carboxylic acids is 2. The van der Waals surface area contributed by atoms with Crippen molar-refractivity contribution in [2.24, 2.45) is 17.8 Å². The van der Waals surface area contributed by atoms with Gasteiger partial charge in [0.05, 0.1) is 0 Å². The normalized spacial score (nSPS) is 41.6. The molecule has 8 heteroatoms. The first-order valence-electron chi connectivity index (χ1n) is 7.20. The van der Waals surface area contributed by atoms with Crippen molar-refractivity contribution in [3.8, 4) is 0 Å². The summed E-state index contributed by atoms with van der Waals surface area (Å²) in [5.41, 5.74) is -1.03. The van der Waals surface area contributed by atoms with Gasteiger partial charge in [0, 0.05) is 18.6 Å². The molecule has 8 nitrogen and oxygen atoms in total. The molecule has 3 rings (SSSR count). The molecule has 3 fully saturated rings. The average Bonchev–Trinajstić information content (AvgIpc) is 2.85. The van der Waals surface area contributed by atoms with Crippen LogP contribution in [-0.2, 0) is 4.79 Å². The molecule has 5 N–H and O–H groups in total. The molecular weight excluding hydrogens is 278 g/mol. The lowest BCUT2D eigenvalue weighted by atomic mass is 9.75. The van der Waals surface area contributed by atoms with Gasteiger partial charge < -0.3 is 20.8 Å². The van der Waals surface area contributed by atoms with Crippen LogP contribution in [0.3, 0.4) is 0 Å². The van der Waals surface area contributed by atoms with Crippen LogP contribution in [0.4, 0.5) is 9.59 Å². The summed E-state index contributed by atoms with van der Waals surface area (Å²) in [5.74, 6) is -0.425. The largest absolute Gasteiger partial charge is 0.465 e. The summed E-state index contributed by atoms with van der Waals surface area (Å²) in [4.78, 5) is 34.4. The number of aliphatic hydroxyl groups is 1. The third kappa shape index (κ3) is 2.14. The molecule has 0 aromatic rings. The van der Waals surface area contributed by atoms with Crippen molar-refractivity contribution in [2.45, 2.75) is 37.3 Å². The van der Waals surface area contributed by atoms with Gasteiger partial charge in [-0.3, -0.25) is 10.1 Å². The number of hydrogen-bond acceptors (Lipinski definition) is 4. The molecule has 1 saturated heterocycles. The number of carboxylic acid groups (broad SMARTS) is 1. The summed E-state index contributed by atoms with van der Waals surface area (Å²) in [6, 6.07) is -0.643. The van der Waals surface area contributed by atoms with Crippen LogP contribution in [0.1, 0.15) is 25.7 Å². The Morgan fingerprint density at radius 3 is 2.71 bits per heavy atom. The molecule has 1 heterocycles. The van der Waals surface area contributed by atoms with Gasteiger partial charge in [-0.2, -0.15) is 0 Å². The summed E-state index contributed by atoms with van der Waals surface area (Å²) in [5, 5.41) is 26.0. The van der Waals surface area contributed by atoms with E-state index in [0.29, 0.717) is 19.3 Å². The Balaban J connectivity index is 1.80. The third-order valence-electron chi connectivity index (χ3n) is 5.27. The second-order valence-electron chi connectivity index (χ2n) is 6.26. The number of aliphatic hydroxyl groups excluding tert-OH is 1. The zero-order valence-corrected chi connectivity index (χ0v) is 11.5. The predicted octanol–water partition coefficient (Wildman–Crippen LogP) is -0.371. The quantitative estimate of drug-likeness (QED) is 0.444. The molecule has 4 amide bonds. The zero-order chi connectivity index (χ0) is 15.2. The Bertz CT molecular complexity index is 496. The van der Waals surface area contributed by atoms with Gasteiger partial charge in [0.1, 0.15) is 5.54 Å². The van der Waals surface area contributed by atoms with Gasteiger partial charge in [0.2, 0.25) is 0 Å². The third-order valence-corrected chi connectivity index (χ3v) is 5.27. The van der Waals surface area contributed by atoms with Crippen LogP contribution in [0.2, 0.25) is 0 Å². The van der Waals surface area contributed by atoms with Crippen LogP contribution in [0, 0.1) is 17.8 Å². The van der Waals surface area contributed by atoms with E-state index in [1.807, 2.05) is 0 Å². The second-order valence-corrected chi connectivity index (χ2v) is 6.26. The van der Waals surface area contributed by atoms with E-state index in [2.05, 4.69) is 16.0 Å². The number of carbonyl (C=O) groups is 3. The molecule has 0 aromatic heterocycles. The van der Waals surface area contributed by atoms with Crippen molar-refractivity contribution in [3.63, 3.8) is 0 Å². The number of nitrogens with one attached hydrogen (secondary N) is 3. The molecule has 2 saturated carbocycles. The first-order chi connectivity index (χ1) is 9.96. The fourth-order valence-corrected chi connectivity index (χ4v) is 4.49. The van der Waals surface area contributed by atoms with Gasteiger partial charge in [-0.05, 0) is 37.5 Å². The van der Waals surface area contributed by atoms with E-state index >= 15 is 0 Å². The van der Waals surface area contributed by atoms with Gasteiger partial charge >= 0.3 is 12.1 Å². The van der Waals surface area contributed by atoms with E-state index in [-0.39, 0.29) is 36.3 Å². The zero-order valence-electron chi connectivity index (χ0n) is 11.5. The van der Waals surface area contributed by atoms with Crippen molar-refractivity contribution >= 4 is 18.0 Å². The molecule has 1 aliphatic heterocycles. The van der Waals surface area contributed by atoms with Crippen molar-refractivity contribution < 1.29 is 24.6 Å². The van der Waals surface area contributed by atoms with Crippen LogP contribution in [0.5, 0.6) is 0 Å². The minimum Gasteiger partial charge on any atom is -0.465 e. The van der Waals surface area contributed by atoms with E-state index in [4.69, 9.17) is 5.11 Å². The molecule has 2 unspecified atom stereocenters. The highest BCUT2D eigenvalue weighted by Crippen LogP contribution is 2.51. The molecule has 0 aromatic carbocycles. The molecule has 116 valence electrons. The molecule has 0 radical (unpaired) electrons. The first-order valence-corrected chi connectivity index (χ1v) is 7.20. The fourth-order valence-electron chi connectivity index (χ4n) is 4.49. The average molecular weight is 297 g/mol. The molecular formula is C13H19N3O5. The minimum absolute atomic E-state index is 0.122. The van der Waals surface area contributed by atoms with Crippen molar-refractivity contribution in [1.82, 2.24) is 16.0 Å². The lowest BCUT2D eigenvalue weighted by Crippen LogP contribution is -2.52. The summed E-state index contributed by atoms with van der Waals surface area (Å²) in [6.45, 7) is -0.161. The smallest absolute Gasteiger partial charge is 0.404 e. The van der Waals surface area contributed by atoms with E-state index in [1.165, 1.54) is 0 Å². The number of imide groups is 1. The van der Waals surface area contributed by atoms with Gasteiger partial charge in [-0.25, -0.2) is 9.59 Å². The summed E-state index contributed by atoms with van der Waals surface area (Å²) in [7, 11) is 0. The standard InChI is InChI=1S/C13H19N3O5/c17-5-9-8-2-1-7(14-12(20)21)3-6(8)4-13(9)10(18)15-11(19)16-13/h6-9,14,17H,1-5H2,(H,20,21)(H2,15,16,18,19)/t6-,7?,8+,9-,13?/m0/s1. The van der Waals surface area contributed by atoms with Crippen molar-refractivity contribution in [2.75, 3.05) is 6.61 Å². The summed E-state index contributed by atoms with van der Waals surface area (Å²) in [6.07, 6.45) is 1.48. The SMILES string of the molecule is O=C(O)NC1CC[C@@H]2[C@@H](C1)CC1(NC(=O)NC1=O)[C@H]2CO. The van der Waals surface area contributed by atoms with Gasteiger partial charge in [0.25, 0.3) is 5.91 Å². The van der Waals surface area contributed by atoms with Crippen LogP contribution >= 0.6 is 0 Å². The van der Waals surface area contributed by atoms with E-state index in [1.54, 1.807) is 0 Å². The molecule has 3 aliphatic rings. The number of fused-ring (bicyclic) bond motifs is 1. The predicted molar refractivity (Wildman–Crippen MR) is 70.4 cm³/mol. The van der Waals surface area contributed by atoms with E-state index in [0.717, 1.165) is 6.42 Å². The number of hydrogen-bond donors (Lipinski definition) is 5. The lowest BCUT2D eigenvalue weighted by molar-refractivity contribution is -0.126. The van der Waals surface area contributed by atoms with Crippen LogP contribution in [0.25, 0.3) is 0 Å². The maximum atomic E-state index is 12.2. The first kappa shape index (κ1) is 14.1. The van der Waals surface area contributed by atoms with Crippen LogP contribution in [-0.4, -0.2) is 46.4 Å². The Morgan fingerprint density at radius 2 is 2.14 bits per heavy atom. The Labute approximate surface area is 121 Å². The van der Waals surface area contributed by atoms with E-state index < -0.39 is 17.7 Å². The van der Waals surface area contributed by atoms with E-state index in [9.17, 15) is 19.5 Å². The van der Waals surface area contributed by atoms with Crippen LogP contribution in [0.15, 0.2) is 0 Å². The molecule has 2 aliphatic carbocycles. The molecule has 1 spiro atoms. The van der Waals surface area contributed by atoms with Crippen molar-refractivity contribution in [1.29, 1.82) is 0 Å². The monoisotopic (exact) mass is 297 g/mol. The molecule has 0 bridgehead atoms. The highest BCUT2D eigenvalue weighted by Gasteiger charge is 2.61. The fraction of sp³-hybridized carbons (Fsp3) is 0.769. The topological polar surface area (TPSA) is 128 Å². The van der Waals surface area contributed by atoms with Crippen molar-refractivity contribution in [3.05, 3.63) is 0 Å². The summed E-state index contributed by atoms with van der Waals surface area (Å²) >= 11 is 0. The second kappa shape index (κ2) is 4.87. The Kier molecular flexibility index (Phi) is 3.27. The molecule has 5 atom stereocenters. The van der Waals surface area contributed by atoms with Gasteiger partial charge in [0.15, 0.2) is 0 Å². The Morgan fingerprint density at radius 1 is 1.38 bits per heavy atom. The number of rotatable bonds is 2. The molecule has 21 heavy (non-hydrogen) atoms. The highest BCUT2D eigenvalue weighted by molar-refractivity contribution is 6.07. The maximum Gasteiger partial charge on any atom is 0.404 e. The number of urea groups is 1. The van der Waals surface area contributed by atoms with Gasteiger partial charge in [-0.1, -0.05) is 0 Å². The van der Waals surface area contributed by atoms with Crippen LogP contribution < -0.4 is 16.0 Å². The Hall–Kier alpha value is -1.83. The number of amides is 4. The lowest BCUT2D eigenvalue weighted by Gasteiger charge is -2.34. The minimum atomic E-state index is -1.04. The highest BCUT2D eigenvalue weighted by atomic mass is 16.4. The summed E-state index contributed by atoms with van der Waals surface area (Å²) < 4.78 is 0. The maximum absolute atomic E-state index is 12.2. The van der Waals surface area contributed by atoms with Gasteiger partial charge in [-0.15, -0.1) is 0 Å².